The van der Waals surface area contributed by atoms with Crippen molar-refractivity contribution in [2.45, 2.75) is 24.9 Å². The molecule has 0 spiro atoms. The summed E-state index contributed by atoms with van der Waals surface area (Å²) >= 11 is 0. The van der Waals surface area contributed by atoms with E-state index >= 15 is 0 Å². The molecule has 140 valence electrons. The summed E-state index contributed by atoms with van der Waals surface area (Å²) in [6.45, 7) is -0.0789. The minimum Gasteiger partial charge on any atom is -0.388 e. The quantitative estimate of drug-likeness (QED) is 0.429. The average molecular weight is 369 g/mol. The summed E-state index contributed by atoms with van der Waals surface area (Å²) in [5.74, 6) is -1.98. The van der Waals surface area contributed by atoms with Crippen LogP contribution in [-0.2, 0) is 22.4 Å². The molecular weight excluding hydrogens is 350 g/mol. The summed E-state index contributed by atoms with van der Waals surface area (Å²) in [7, 11) is 0. The number of rotatable bonds is 4. The van der Waals surface area contributed by atoms with E-state index in [1.54, 1.807) is 0 Å². The molecule has 1 unspecified atom stereocenters. The molecule has 0 bridgehead atoms. The molecule has 0 aromatic heterocycles. The van der Waals surface area contributed by atoms with Gasteiger partial charge in [-0.25, -0.2) is 0 Å². The largest absolute Gasteiger partial charge is 0.388 e. The third kappa shape index (κ3) is 4.29. The summed E-state index contributed by atoms with van der Waals surface area (Å²) in [6, 6.07) is 13.3. The second-order valence-electron chi connectivity index (χ2n) is 6.58. The molecule has 3 rings (SSSR count). The van der Waals surface area contributed by atoms with Crippen molar-refractivity contribution in [1.82, 2.24) is 5.32 Å². The van der Waals surface area contributed by atoms with Gasteiger partial charge in [0.05, 0.1) is 10.5 Å². The van der Waals surface area contributed by atoms with Crippen LogP contribution in [0.5, 0.6) is 0 Å². The molecule has 1 atom stereocenters. The number of anilines is 1. The van der Waals surface area contributed by atoms with Gasteiger partial charge in [0.1, 0.15) is 5.69 Å². The zero-order valence-electron chi connectivity index (χ0n) is 14.5. The molecule has 2 amide bonds. The molecular formula is C19H19N3O5. The van der Waals surface area contributed by atoms with Gasteiger partial charge >= 0.3 is 11.8 Å². The third-order valence-corrected chi connectivity index (χ3v) is 4.63. The monoisotopic (exact) mass is 369 g/mol. The van der Waals surface area contributed by atoms with Gasteiger partial charge in [0.2, 0.25) is 0 Å². The van der Waals surface area contributed by atoms with Gasteiger partial charge in [0.25, 0.3) is 5.69 Å². The fourth-order valence-corrected chi connectivity index (χ4v) is 3.18. The Morgan fingerprint density at radius 3 is 2.48 bits per heavy atom. The number of nitrogens with zero attached hydrogens (tertiary/aromatic N) is 1. The van der Waals surface area contributed by atoms with Crippen molar-refractivity contribution < 1.29 is 19.6 Å². The van der Waals surface area contributed by atoms with Gasteiger partial charge in [-0.1, -0.05) is 36.4 Å². The Morgan fingerprint density at radius 1 is 1.07 bits per heavy atom. The number of amides is 2. The number of nitro groups is 1. The van der Waals surface area contributed by atoms with E-state index in [2.05, 4.69) is 10.6 Å². The highest BCUT2D eigenvalue weighted by atomic mass is 16.6. The number of nitrogens with one attached hydrogen (secondary N) is 2. The van der Waals surface area contributed by atoms with Crippen LogP contribution in [0.1, 0.15) is 17.5 Å². The number of nitro benzene ring substituents is 1. The van der Waals surface area contributed by atoms with Crippen molar-refractivity contribution in [2.75, 3.05) is 11.9 Å². The maximum absolute atomic E-state index is 12.1. The Hall–Kier alpha value is -3.26. The zero-order valence-corrected chi connectivity index (χ0v) is 14.5. The second kappa shape index (κ2) is 7.55. The highest BCUT2D eigenvalue weighted by Crippen LogP contribution is 2.28. The first-order chi connectivity index (χ1) is 12.9. The molecule has 2 aromatic carbocycles. The Kier molecular flexibility index (Phi) is 5.18. The standard InChI is InChI=1S/C19H19N3O5/c23-17(18(24)21-15-7-3-4-8-16(15)22(26)27)20-12-19(25)10-9-13-5-1-2-6-14(13)11-19/h1-8,25H,9-12H2,(H,20,23)(H,21,24). The topological polar surface area (TPSA) is 122 Å². The normalized spacial score (nSPS) is 18.3. The number of hydrogen-bond donors (Lipinski definition) is 3. The Morgan fingerprint density at radius 2 is 1.74 bits per heavy atom. The molecule has 27 heavy (non-hydrogen) atoms. The molecule has 8 nitrogen and oxygen atoms in total. The van der Waals surface area contributed by atoms with Gasteiger partial charge < -0.3 is 15.7 Å². The van der Waals surface area contributed by atoms with E-state index in [-0.39, 0.29) is 17.9 Å². The van der Waals surface area contributed by atoms with E-state index in [1.165, 1.54) is 29.8 Å². The van der Waals surface area contributed by atoms with E-state index in [4.69, 9.17) is 0 Å². The lowest BCUT2D eigenvalue weighted by Gasteiger charge is -2.33. The van der Waals surface area contributed by atoms with Crippen LogP contribution >= 0.6 is 0 Å². The highest BCUT2D eigenvalue weighted by molar-refractivity contribution is 6.39. The number of carbonyl (C=O) groups excluding carboxylic acids is 2. The molecule has 1 aliphatic carbocycles. The molecule has 0 fully saturated rings. The summed E-state index contributed by atoms with van der Waals surface area (Å²) < 4.78 is 0. The number of para-hydroxylation sites is 2. The molecule has 0 saturated heterocycles. The van der Waals surface area contributed by atoms with Crippen molar-refractivity contribution >= 4 is 23.2 Å². The summed E-state index contributed by atoms with van der Waals surface area (Å²) in [5, 5.41) is 26.3. The van der Waals surface area contributed by atoms with Gasteiger partial charge in [-0.15, -0.1) is 0 Å². The van der Waals surface area contributed by atoms with Crippen LogP contribution in [0.15, 0.2) is 48.5 Å². The molecule has 0 aliphatic heterocycles. The van der Waals surface area contributed by atoms with Crippen molar-refractivity contribution in [2.24, 2.45) is 0 Å². The van der Waals surface area contributed by atoms with E-state index in [1.807, 2.05) is 24.3 Å². The first-order valence-corrected chi connectivity index (χ1v) is 8.50. The van der Waals surface area contributed by atoms with Crippen LogP contribution in [0.3, 0.4) is 0 Å². The fraction of sp³-hybridized carbons (Fsp3) is 0.263. The van der Waals surface area contributed by atoms with Gasteiger partial charge in [-0.2, -0.15) is 0 Å². The number of carbonyl (C=O) groups is 2. The van der Waals surface area contributed by atoms with Crippen LogP contribution in [0.25, 0.3) is 0 Å². The average Bonchev–Trinajstić information content (AvgIpc) is 2.66. The highest BCUT2D eigenvalue weighted by Gasteiger charge is 2.33. The van der Waals surface area contributed by atoms with Crippen molar-refractivity contribution in [3.05, 3.63) is 69.8 Å². The molecule has 8 heteroatoms. The van der Waals surface area contributed by atoms with Crippen molar-refractivity contribution in [1.29, 1.82) is 0 Å². The minimum absolute atomic E-state index is 0.0621. The Balaban J connectivity index is 1.60. The van der Waals surface area contributed by atoms with Gasteiger partial charge in [-0.3, -0.25) is 19.7 Å². The summed E-state index contributed by atoms with van der Waals surface area (Å²) in [4.78, 5) is 34.4. The minimum atomic E-state index is -1.14. The number of aryl methyl sites for hydroxylation is 1. The van der Waals surface area contributed by atoms with E-state index in [9.17, 15) is 24.8 Å². The van der Waals surface area contributed by atoms with Crippen LogP contribution in [0, 0.1) is 10.1 Å². The molecule has 2 aromatic rings. The molecule has 0 saturated carbocycles. The first kappa shape index (κ1) is 18.5. The maximum Gasteiger partial charge on any atom is 0.313 e. The van der Waals surface area contributed by atoms with E-state index in [0.717, 1.165) is 5.56 Å². The Labute approximate surface area is 155 Å². The number of fused-ring (bicyclic) bond motifs is 1. The van der Waals surface area contributed by atoms with Gasteiger partial charge in [0.15, 0.2) is 0 Å². The first-order valence-electron chi connectivity index (χ1n) is 8.50. The molecule has 3 N–H and O–H groups in total. The predicted octanol–water partition coefficient (Wildman–Crippen LogP) is 1.57. The van der Waals surface area contributed by atoms with E-state index in [0.29, 0.717) is 19.3 Å². The van der Waals surface area contributed by atoms with Gasteiger partial charge in [-0.05, 0) is 30.0 Å². The third-order valence-electron chi connectivity index (χ3n) is 4.63. The predicted molar refractivity (Wildman–Crippen MR) is 98.2 cm³/mol. The van der Waals surface area contributed by atoms with Gasteiger partial charge in [0, 0.05) is 19.0 Å². The van der Waals surface area contributed by atoms with Crippen LogP contribution in [0.4, 0.5) is 11.4 Å². The lowest BCUT2D eigenvalue weighted by atomic mass is 9.80. The Bertz CT molecular complexity index is 898. The van der Waals surface area contributed by atoms with Crippen molar-refractivity contribution in [3.8, 4) is 0 Å². The van der Waals surface area contributed by atoms with Crippen molar-refractivity contribution in [3.63, 3.8) is 0 Å². The maximum atomic E-state index is 12.1. The number of hydrogen-bond acceptors (Lipinski definition) is 5. The zero-order chi connectivity index (χ0) is 19.4. The lowest BCUT2D eigenvalue weighted by molar-refractivity contribution is -0.383. The summed E-state index contributed by atoms with van der Waals surface area (Å²) in [5.41, 5.74) is 0.685. The van der Waals surface area contributed by atoms with Crippen LogP contribution in [-0.4, -0.2) is 34.0 Å². The summed E-state index contributed by atoms with van der Waals surface area (Å²) in [6.07, 6.45) is 1.54. The lowest BCUT2D eigenvalue weighted by Crippen LogP contribution is -2.49. The second-order valence-corrected chi connectivity index (χ2v) is 6.58. The molecule has 0 radical (unpaired) electrons. The fourth-order valence-electron chi connectivity index (χ4n) is 3.18. The molecule has 0 heterocycles. The number of benzene rings is 2. The smallest absolute Gasteiger partial charge is 0.313 e. The number of aliphatic hydroxyl groups is 1. The van der Waals surface area contributed by atoms with Crippen LogP contribution in [0.2, 0.25) is 0 Å². The van der Waals surface area contributed by atoms with E-state index < -0.39 is 22.3 Å². The molecule has 1 aliphatic rings. The van der Waals surface area contributed by atoms with Crippen LogP contribution < -0.4 is 10.6 Å². The SMILES string of the molecule is O=C(NCC1(O)CCc2ccccc2C1)C(=O)Nc1ccccc1[N+](=O)[O-].